The Labute approximate surface area is 129 Å². The van der Waals surface area contributed by atoms with Crippen molar-refractivity contribution in [3.8, 4) is 0 Å². The largest absolute Gasteiger partial charge is 0.322 e. The maximum Gasteiger partial charge on any atom is 0.322 e. The molecular formula is C18H18N2O2. The second-order valence-electron chi connectivity index (χ2n) is 5.85. The zero-order valence-corrected chi connectivity index (χ0v) is 12.9. The standard InChI is InChI=1S/C18H18N2O2/c1-11-8-12(2)10-14(9-11)18(16(21)19-17(22)20-18)15-7-5-4-6-13(15)3/h4-10H,1-3H3,(H2,19,20,21,22). The summed E-state index contributed by atoms with van der Waals surface area (Å²) in [7, 11) is 0. The number of aryl methyl sites for hydroxylation is 3. The minimum atomic E-state index is -1.17. The monoisotopic (exact) mass is 294 g/mol. The summed E-state index contributed by atoms with van der Waals surface area (Å²) in [6.07, 6.45) is 0. The number of hydrogen-bond acceptors (Lipinski definition) is 2. The fourth-order valence-electron chi connectivity index (χ4n) is 3.19. The molecule has 1 aliphatic rings. The number of nitrogens with one attached hydrogen (secondary N) is 2. The van der Waals surface area contributed by atoms with Crippen LogP contribution in [0, 0.1) is 20.8 Å². The van der Waals surface area contributed by atoms with E-state index in [0.29, 0.717) is 0 Å². The summed E-state index contributed by atoms with van der Waals surface area (Å²) in [6.45, 7) is 5.91. The number of carbonyl (C=O) groups excluding carboxylic acids is 2. The van der Waals surface area contributed by atoms with Crippen LogP contribution in [-0.2, 0) is 10.3 Å². The van der Waals surface area contributed by atoms with E-state index in [4.69, 9.17) is 0 Å². The average molecular weight is 294 g/mol. The van der Waals surface area contributed by atoms with Gasteiger partial charge in [0.1, 0.15) is 0 Å². The Kier molecular flexibility index (Phi) is 3.24. The van der Waals surface area contributed by atoms with E-state index in [1.807, 2.05) is 63.2 Å². The molecule has 0 bridgehead atoms. The first kappa shape index (κ1) is 14.3. The van der Waals surface area contributed by atoms with Crippen LogP contribution in [0.15, 0.2) is 42.5 Å². The number of amides is 3. The molecule has 0 radical (unpaired) electrons. The SMILES string of the molecule is Cc1cc(C)cc(C2(c3ccccc3C)NC(=O)NC2=O)c1. The Balaban J connectivity index is 2.32. The normalized spacial score (nSPS) is 20.7. The van der Waals surface area contributed by atoms with Gasteiger partial charge in [-0.3, -0.25) is 10.1 Å². The van der Waals surface area contributed by atoms with Gasteiger partial charge in [0.25, 0.3) is 5.91 Å². The van der Waals surface area contributed by atoms with Crippen LogP contribution in [0.4, 0.5) is 4.79 Å². The highest BCUT2D eigenvalue weighted by molar-refractivity contribution is 6.09. The van der Waals surface area contributed by atoms with E-state index >= 15 is 0 Å². The van der Waals surface area contributed by atoms with Crippen molar-refractivity contribution in [3.63, 3.8) is 0 Å². The molecule has 4 heteroatoms. The Morgan fingerprint density at radius 3 is 2.09 bits per heavy atom. The van der Waals surface area contributed by atoms with Gasteiger partial charge in [0.15, 0.2) is 5.54 Å². The highest BCUT2D eigenvalue weighted by Gasteiger charge is 2.49. The predicted molar refractivity (Wildman–Crippen MR) is 84.5 cm³/mol. The van der Waals surface area contributed by atoms with E-state index in [0.717, 1.165) is 27.8 Å². The van der Waals surface area contributed by atoms with Crippen LogP contribution in [-0.4, -0.2) is 11.9 Å². The van der Waals surface area contributed by atoms with Crippen LogP contribution in [0.2, 0.25) is 0 Å². The van der Waals surface area contributed by atoms with Crippen molar-refractivity contribution in [1.82, 2.24) is 10.6 Å². The summed E-state index contributed by atoms with van der Waals surface area (Å²) in [5.74, 6) is -0.336. The average Bonchev–Trinajstić information content (AvgIpc) is 2.74. The van der Waals surface area contributed by atoms with Gasteiger partial charge < -0.3 is 5.32 Å². The Morgan fingerprint density at radius 1 is 0.909 bits per heavy atom. The van der Waals surface area contributed by atoms with Crippen molar-refractivity contribution in [2.75, 3.05) is 0 Å². The van der Waals surface area contributed by atoms with Crippen molar-refractivity contribution in [3.05, 3.63) is 70.3 Å². The lowest BCUT2D eigenvalue weighted by molar-refractivity contribution is -0.122. The zero-order valence-electron chi connectivity index (χ0n) is 12.9. The van der Waals surface area contributed by atoms with Crippen LogP contribution in [0.25, 0.3) is 0 Å². The smallest absolute Gasteiger partial charge is 0.316 e. The molecular weight excluding hydrogens is 276 g/mol. The van der Waals surface area contributed by atoms with Crippen LogP contribution in [0.3, 0.4) is 0 Å². The molecule has 0 spiro atoms. The molecule has 0 aliphatic carbocycles. The van der Waals surface area contributed by atoms with E-state index < -0.39 is 11.6 Å². The maximum atomic E-state index is 12.7. The van der Waals surface area contributed by atoms with Gasteiger partial charge in [0, 0.05) is 0 Å². The lowest BCUT2D eigenvalue weighted by Crippen LogP contribution is -2.45. The molecule has 1 fully saturated rings. The van der Waals surface area contributed by atoms with Crippen molar-refractivity contribution in [1.29, 1.82) is 0 Å². The van der Waals surface area contributed by atoms with Gasteiger partial charge >= 0.3 is 6.03 Å². The Hall–Kier alpha value is -2.62. The molecule has 2 aromatic rings. The second kappa shape index (κ2) is 4.98. The van der Waals surface area contributed by atoms with Crippen molar-refractivity contribution in [2.24, 2.45) is 0 Å². The van der Waals surface area contributed by atoms with Gasteiger partial charge in [-0.1, -0.05) is 53.6 Å². The minimum Gasteiger partial charge on any atom is -0.316 e. The summed E-state index contributed by atoms with van der Waals surface area (Å²) in [4.78, 5) is 24.5. The van der Waals surface area contributed by atoms with E-state index in [1.165, 1.54) is 0 Å². The third-order valence-corrected chi connectivity index (χ3v) is 4.07. The van der Waals surface area contributed by atoms with Gasteiger partial charge in [-0.25, -0.2) is 4.79 Å². The number of imide groups is 1. The first-order valence-electron chi connectivity index (χ1n) is 7.22. The molecule has 2 N–H and O–H groups in total. The van der Waals surface area contributed by atoms with Crippen molar-refractivity contribution >= 4 is 11.9 Å². The number of carbonyl (C=O) groups is 2. The zero-order chi connectivity index (χ0) is 15.9. The van der Waals surface area contributed by atoms with Crippen LogP contribution >= 0.6 is 0 Å². The molecule has 4 nitrogen and oxygen atoms in total. The lowest BCUT2D eigenvalue weighted by atomic mass is 9.79. The number of benzene rings is 2. The Morgan fingerprint density at radius 2 is 1.55 bits per heavy atom. The quantitative estimate of drug-likeness (QED) is 0.837. The summed E-state index contributed by atoms with van der Waals surface area (Å²) in [6, 6.07) is 13.1. The van der Waals surface area contributed by atoms with Gasteiger partial charge in [-0.05, 0) is 37.5 Å². The molecule has 112 valence electrons. The molecule has 1 atom stereocenters. The molecule has 3 rings (SSSR count). The second-order valence-corrected chi connectivity index (χ2v) is 5.85. The van der Waals surface area contributed by atoms with E-state index in [9.17, 15) is 9.59 Å². The third-order valence-electron chi connectivity index (χ3n) is 4.07. The van der Waals surface area contributed by atoms with Gasteiger partial charge in [0.05, 0.1) is 0 Å². The lowest BCUT2D eigenvalue weighted by Gasteiger charge is -2.29. The van der Waals surface area contributed by atoms with Gasteiger partial charge in [0.2, 0.25) is 0 Å². The van der Waals surface area contributed by atoms with Gasteiger partial charge in [-0.15, -0.1) is 0 Å². The summed E-state index contributed by atoms with van der Waals surface area (Å²) in [5.41, 5.74) is 3.47. The van der Waals surface area contributed by atoms with Crippen LogP contribution < -0.4 is 10.6 Å². The van der Waals surface area contributed by atoms with Crippen LogP contribution in [0.1, 0.15) is 27.8 Å². The summed E-state index contributed by atoms with van der Waals surface area (Å²) < 4.78 is 0. The molecule has 1 heterocycles. The Bertz CT molecular complexity index is 762. The molecule has 3 amide bonds. The molecule has 22 heavy (non-hydrogen) atoms. The van der Waals surface area contributed by atoms with E-state index in [2.05, 4.69) is 10.6 Å². The number of rotatable bonds is 2. The van der Waals surface area contributed by atoms with Crippen molar-refractivity contribution in [2.45, 2.75) is 26.3 Å². The number of urea groups is 1. The van der Waals surface area contributed by atoms with Gasteiger partial charge in [-0.2, -0.15) is 0 Å². The highest BCUT2D eigenvalue weighted by Crippen LogP contribution is 2.35. The molecule has 1 unspecified atom stereocenters. The first-order chi connectivity index (χ1) is 10.4. The topological polar surface area (TPSA) is 58.2 Å². The first-order valence-corrected chi connectivity index (χ1v) is 7.22. The van der Waals surface area contributed by atoms with Crippen molar-refractivity contribution < 1.29 is 9.59 Å². The summed E-state index contributed by atoms with van der Waals surface area (Å²) >= 11 is 0. The predicted octanol–water partition coefficient (Wildman–Crippen LogP) is 2.69. The van der Waals surface area contributed by atoms with E-state index in [1.54, 1.807) is 0 Å². The minimum absolute atomic E-state index is 0.336. The fourth-order valence-corrected chi connectivity index (χ4v) is 3.19. The molecule has 2 aromatic carbocycles. The fraction of sp³-hybridized carbons (Fsp3) is 0.222. The molecule has 0 aromatic heterocycles. The van der Waals surface area contributed by atoms with E-state index in [-0.39, 0.29) is 5.91 Å². The summed E-state index contributed by atoms with van der Waals surface area (Å²) in [5, 5.41) is 5.23. The maximum absolute atomic E-state index is 12.7. The number of hydrogen-bond donors (Lipinski definition) is 2. The molecule has 1 aliphatic heterocycles. The third kappa shape index (κ3) is 2.08. The van der Waals surface area contributed by atoms with Crippen LogP contribution in [0.5, 0.6) is 0 Å². The molecule has 1 saturated heterocycles. The highest BCUT2D eigenvalue weighted by atomic mass is 16.2. The molecule has 0 saturated carbocycles.